The van der Waals surface area contributed by atoms with Crippen LogP contribution in [0.3, 0.4) is 0 Å². The van der Waals surface area contributed by atoms with Gasteiger partial charge in [0.2, 0.25) is 5.91 Å². The minimum absolute atomic E-state index is 0.118. The summed E-state index contributed by atoms with van der Waals surface area (Å²) in [4.78, 5) is 11.2. The maximum atomic E-state index is 14.3. The Morgan fingerprint density at radius 2 is 1.93 bits per heavy atom. The zero-order chi connectivity index (χ0) is 20.4. The topological polar surface area (TPSA) is 60.7 Å². The van der Waals surface area contributed by atoms with Crippen molar-refractivity contribution in [2.75, 3.05) is 6.61 Å². The lowest BCUT2D eigenvalue weighted by Crippen LogP contribution is -2.23. The highest BCUT2D eigenvalue weighted by atomic mass is 19.1. The quantitative estimate of drug-likeness (QED) is 0.572. The fraction of sp³-hybridized carbons (Fsp3) is 0.348. The smallest absolute Gasteiger partial charge is 0.217 e. The van der Waals surface area contributed by atoms with Crippen LogP contribution >= 0.6 is 0 Å². The van der Waals surface area contributed by atoms with E-state index >= 15 is 0 Å². The Morgan fingerprint density at radius 3 is 2.66 bits per heavy atom. The first kappa shape index (κ1) is 19.3. The molecule has 1 fully saturated rings. The molecule has 1 atom stereocenters. The summed E-state index contributed by atoms with van der Waals surface area (Å²) in [5, 5.41) is 3.65. The number of fused-ring (bicyclic) bond motifs is 1. The monoisotopic (exact) mass is 397 g/mol. The molecule has 0 spiro atoms. The largest absolute Gasteiger partial charge is 0.493 e. The number of hydrogen-bond donors (Lipinski definition) is 1. The van der Waals surface area contributed by atoms with Crippen molar-refractivity contribution in [2.24, 2.45) is 5.92 Å². The summed E-state index contributed by atoms with van der Waals surface area (Å²) in [6, 6.07) is 12.0. The highest BCUT2D eigenvalue weighted by Gasteiger charge is 2.22. The van der Waals surface area contributed by atoms with E-state index in [0.29, 0.717) is 40.9 Å². The molecule has 1 aliphatic carbocycles. The van der Waals surface area contributed by atoms with Crippen LogP contribution in [0, 0.1) is 11.7 Å². The molecule has 152 valence electrons. The third-order valence-electron chi connectivity index (χ3n) is 4.95. The van der Waals surface area contributed by atoms with Crippen LogP contribution in [0.2, 0.25) is 0 Å². The number of halogens is 1. The second-order valence-corrected chi connectivity index (χ2v) is 7.57. The van der Waals surface area contributed by atoms with Gasteiger partial charge in [0.15, 0.2) is 0 Å². The van der Waals surface area contributed by atoms with Crippen LogP contribution in [0.15, 0.2) is 46.9 Å². The highest BCUT2D eigenvalue weighted by Crippen LogP contribution is 2.30. The predicted molar refractivity (Wildman–Crippen MR) is 107 cm³/mol. The number of amides is 1. The van der Waals surface area contributed by atoms with Crippen LogP contribution in [-0.2, 0) is 11.4 Å². The van der Waals surface area contributed by atoms with Gasteiger partial charge in [-0.1, -0.05) is 0 Å². The number of benzene rings is 2. The van der Waals surface area contributed by atoms with Crippen LogP contribution in [0.1, 0.15) is 44.1 Å². The van der Waals surface area contributed by atoms with Gasteiger partial charge in [0, 0.05) is 23.9 Å². The maximum absolute atomic E-state index is 14.3. The maximum Gasteiger partial charge on any atom is 0.217 e. The third kappa shape index (κ3) is 4.88. The number of carbonyl (C=O) groups excluding carboxylic acids is 1. The van der Waals surface area contributed by atoms with E-state index in [1.165, 1.54) is 25.8 Å². The summed E-state index contributed by atoms with van der Waals surface area (Å²) in [7, 11) is 0. The molecule has 1 saturated carbocycles. The molecule has 1 aromatic heterocycles. The van der Waals surface area contributed by atoms with Crippen LogP contribution in [0.5, 0.6) is 11.5 Å². The number of nitrogens with one attached hydrogen (secondary N) is 1. The van der Waals surface area contributed by atoms with Gasteiger partial charge in [-0.2, -0.15) is 0 Å². The molecular weight excluding hydrogens is 373 g/mol. The summed E-state index contributed by atoms with van der Waals surface area (Å²) in [5.41, 5.74) is 1.17. The van der Waals surface area contributed by atoms with E-state index in [4.69, 9.17) is 13.9 Å². The molecule has 29 heavy (non-hydrogen) atoms. The van der Waals surface area contributed by atoms with Crippen LogP contribution in [0.4, 0.5) is 4.39 Å². The molecule has 0 radical (unpaired) electrons. The van der Waals surface area contributed by atoms with Crippen molar-refractivity contribution in [3.05, 3.63) is 59.6 Å². The normalized spacial score (nSPS) is 14.6. The Kier molecular flexibility index (Phi) is 5.43. The molecule has 3 aromatic rings. The molecule has 0 aliphatic heterocycles. The molecule has 4 rings (SSSR count). The molecule has 1 amide bonds. The van der Waals surface area contributed by atoms with Crippen LogP contribution in [-0.4, -0.2) is 12.5 Å². The van der Waals surface area contributed by atoms with Gasteiger partial charge in [-0.3, -0.25) is 4.79 Å². The first-order chi connectivity index (χ1) is 14.0. The van der Waals surface area contributed by atoms with E-state index in [9.17, 15) is 9.18 Å². The summed E-state index contributed by atoms with van der Waals surface area (Å²) >= 11 is 0. The van der Waals surface area contributed by atoms with E-state index < -0.39 is 0 Å². The summed E-state index contributed by atoms with van der Waals surface area (Å²) < 4.78 is 31.5. The van der Waals surface area contributed by atoms with Crippen molar-refractivity contribution in [3.8, 4) is 11.5 Å². The number of ether oxygens (including phenoxy) is 2. The average Bonchev–Trinajstić information content (AvgIpc) is 3.41. The Morgan fingerprint density at radius 1 is 1.17 bits per heavy atom. The van der Waals surface area contributed by atoms with Gasteiger partial charge in [0.05, 0.1) is 12.6 Å². The second kappa shape index (κ2) is 8.15. The molecule has 1 heterocycles. The lowest BCUT2D eigenvalue weighted by atomic mass is 10.2. The number of hydrogen-bond acceptors (Lipinski definition) is 4. The molecule has 5 nitrogen and oxygen atoms in total. The Labute approximate surface area is 168 Å². The van der Waals surface area contributed by atoms with Gasteiger partial charge in [-0.15, -0.1) is 0 Å². The molecule has 0 saturated heterocycles. The lowest BCUT2D eigenvalue weighted by Gasteiger charge is -2.09. The molecular formula is C23H24FNO4. The third-order valence-corrected chi connectivity index (χ3v) is 4.95. The van der Waals surface area contributed by atoms with Gasteiger partial charge < -0.3 is 19.2 Å². The molecule has 1 aliphatic rings. The Balaban J connectivity index is 1.40. The highest BCUT2D eigenvalue weighted by molar-refractivity contribution is 5.80. The van der Waals surface area contributed by atoms with Crippen molar-refractivity contribution < 1.29 is 23.1 Å². The standard InChI is InChI=1S/C23H24FNO4/c1-14(25-15(2)26)23-10-18-9-19(7-8-22(18)29-23)28-13-17-5-6-20(11-21(17)24)27-12-16-3-4-16/h5-11,14,16H,3-4,12-13H2,1-2H3,(H,25,26). The van der Waals surface area contributed by atoms with Gasteiger partial charge in [0.1, 0.15) is 35.3 Å². The fourth-order valence-electron chi connectivity index (χ4n) is 3.12. The van der Waals surface area contributed by atoms with E-state index in [0.717, 1.165) is 5.39 Å². The zero-order valence-electron chi connectivity index (χ0n) is 16.5. The first-order valence-electron chi connectivity index (χ1n) is 9.82. The summed E-state index contributed by atoms with van der Waals surface area (Å²) in [5.74, 6) is 2.01. The minimum Gasteiger partial charge on any atom is -0.493 e. The van der Waals surface area contributed by atoms with Crippen molar-refractivity contribution in [3.63, 3.8) is 0 Å². The Bertz CT molecular complexity index is 1020. The van der Waals surface area contributed by atoms with E-state index in [1.807, 2.05) is 19.1 Å². The molecule has 2 aromatic carbocycles. The van der Waals surface area contributed by atoms with Crippen LogP contribution < -0.4 is 14.8 Å². The molecule has 6 heteroatoms. The minimum atomic E-state index is -0.339. The van der Waals surface area contributed by atoms with Crippen LogP contribution in [0.25, 0.3) is 11.0 Å². The Hall–Kier alpha value is -3.02. The molecule has 1 unspecified atom stereocenters. The van der Waals surface area contributed by atoms with E-state index in [2.05, 4.69) is 5.32 Å². The van der Waals surface area contributed by atoms with Crippen molar-refractivity contribution in [1.29, 1.82) is 0 Å². The van der Waals surface area contributed by atoms with E-state index in [-0.39, 0.29) is 24.4 Å². The van der Waals surface area contributed by atoms with Crippen molar-refractivity contribution in [1.82, 2.24) is 5.32 Å². The zero-order valence-corrected chi connectivity index (χ0v) is 16.5. The summed E-state index contributed by atoms with van der Waals surface area (Å²) in [6.07, 6.45) is 2.39. The van der Waals surface area contributed by atoms with E-state index in [1.54, 1.807) is 24.3 Å². The second-order valence-electron chi connectivity index (χ2n) is 7.57. The fourth-order valence-corrected chi connectivity index (χ4v) is 3.12. The number of furan rings is 1. The molecule has 1 N–H and O–H groups in total. The summed E-state index contributed by atoms with van der Waals surface area (Å²) in [6.45, 7) is 4.10. The number of rotatable bonds is 8. The van der Waals surface area contributed by atoms with Gasteiger partial charge in [-0.05, 0) is 62.1 Å². The molecule has 0 bridgehead atoms. The average molecular weight is 397 g/mol. The van der Waals surface area contributed by atoms with Crippen molar-refractivity contribution in [2.45, 2.75) is 39.3 Å². The van der Waals surface area contributed by atoms with Gasteiger partial charge in [-0.25, -0.2) is 4.39 Å². The lowest BCUT2D eigenvalue weighted by molar-refractivity contribution is -0.119. The van der Waals surface area contributed by atoms with Gasteiger partial charge >= 0.3 is 0 Å². The first-order valence-corrected chi connectivity index (χ1v) is 9.82. The van der Waals surface area contributed by atoms with Gasteiger partial charge in [0.25, 0.3) is 0 Å². The van der Waals surface area contributed by atoms with Crippen molar-refractivity contribution >= 4 is 16.9 Å². The number of carbonyl (C=O) groups is 1. The SMILES string of the molecule is CC(=O)NC(C)c1cc2cc(OCc3ccc(OCC4CC4)cc3F)ccc2o1. The predicted octanol–water partition coefficient (Wildman–Crippen LogP) is 5.14.